The van der Waals surface area contributed by atoms with Crippen molar-refractivity contribution in [2.24, 2.45) is 0 Å². The highest BCUT2D eigenvalue weighted by Crippen LogP contribution is 1.99. The molecular formula is C5H12BrNO. The lowest BCUT2D eigenvalue weighted by Crippen LogP contribution is -2.14. The van der Waals surface area contributed by atoms with Crippen molar-refractivity contribution in [3.05, 3.63) is 0 Å². The predicted molar refractivity (Wildman–Crippen MR) is 38.6 cm³/mol. The molecule has 0 aliphatic carbocycles. The third kappa shape index (κ3) is 2.11. The van der Waals surface area contributed by atoms with Crippen LogP contribution in [0.2, 0.25) is 0 Å². The predicted octanol–water partition coefficient (Wildman–Crippen LogP) is 0.573. The molecule has 0 bridgehead atoms. The van der Waals surface area contributed by atoms with Crippen molar-refractivity contribution in [3.8, 4) is 0 Å². The van der Waals surface area contributed by atoms with Gasteiger partial charge in [-0.05, 0) is 13.0 Å². The minimum absolute atomic E-state index is 0. The molecule has 1 atom stereocenters. The molecule has 8 heavy (non-hydrogen) atoms. The first-order valence-corrected chi connectivity index (χ1v) is 2.67. The van der Waals surface area contributed by atoms with Gasteiger partial charge in [-0.2, -0.15) is 0 Å². The van der Waals surface area contributed by atoms with Crippen LogP contribution >= 0.6 is 17.0 Å². The van der Waals surface area contributed by atoms with Gasteiger partial charge in [0.25, 0.3) is 0 Å². The van der Waals surface area contributed by atoms with Crippen LogP contribution in [-0.2, 0) is 4.74 Å². The van der Waals surface area contributed by atoms with Crippen LogP contribution in [0.4, 0.5) is 0 Å². The number of nitrogens with one attached hydrogen (secondary N) is 1. The van der Waals surface area contributed by atoms with Crippen LogP contribution in [-0.4, -0.2) is 26.3 Å². The van der Waals surface area contributed by atoms with E-state index in [1.807, 2.05) is 0 Å². The van der Waals surface area contributed by atoms with Crippen molar-refractivity contribution < 1.29 is 4.74 Å². The zero-order chi connectivity index (χ0) is 5.11. The number of methoxy groups -OCH3 is 1. The van der Waals surface area contributed by atoms with Gasteiger partial charge in [-0.25, -0.2) is 0 Å². The highest BCUT2D eigenvalue weighted by molar-refractivity contribution is 8.93. The normalized spacial score (nSPS) is 27.4. The third-order valence-electron chi connectivity index (χ3n) is 1.35. The van der Waals surface area contributed by atoms with E-state index in [0.717, 1.165) is 13.1 Å². The summed E-state index contributed by atoms with van der Waals surface area (Å²) in [7, 11) is 1.76. The SMILES string of the molecule is Br.CO[C@H]1CCNC1. The fraction of sp³-hybridized carbons (Fsp3) is 1.00. The maximum Gasteiger partial charge on any atom is 0.0707 e. The van der Waals surface area contributed by atoms with E-state index in [-0.39, 0.29) is 17.0 Å². The van der Waals surface area contributed by atoms with E-state index >= 15 is 0 Å². The van der Waals surface area contributed by atoms with Gasteiger partial charge in [0.1, 0.15) is 0 Å². The number of halogens is 1. The first-order valence-electron chi connectivity index (χ1n) is 2.67. The third-order valence-corrected chi connectivity index (χ3v) is 1.35. The number of hydrogen-bond acceptors (Lipinski definition) is 2. The molecule has 1 saturated heterocycles. The van der Waals surface area contributed by atoms with Crippen molar-refractivity contribution in [2.75, 3.05) is 20.2 Å². The number of hydrogen-bond donors (Lipinski definition) is 1. The minimum atomic E-state index is 0. The summed E-state index contributed by atoms with van der Waals surface area (Å²) in [5, 5.41) is 3.20. The minimum Gasteiger partial charge on any atom is -0.380 e. The summed E-state index contributed by atoms with van der Waals surface area (Å²) < 4.78 is 5.05. The van der Waals surface area contributed by atoms with Gasteiger partial charge < -0.3 is 10.1 Å². The van der Waals surface area contributed by atoms with Gasteiger partial charge in [-0.3, -0.25) is 0 Å². The average Bonchev–Trinajstić information content (AvgIpc) is 2.14. The Kier molecular flexibility index (Phi) is 4.51. The standard InChI is InChI=1S/C5H11NO.BrH/c1-7-5-2-3-6-4-5;/h5-6H,2-4H2,1H3;1H/t5-;/m0./s1. The molecule has 1 rings (SSSR count). The van der Waals surface area contributed by atoms with Crippen molar-refractivity contribution in [2.45, 2.75) is 12.5 Å². The van der Waals surface area contributed by atoms with Crippen LogP contribution < -0.4 is 5.32 Å². The van der Waals surface area contributed by atoms with E-state index in [4.69, 9.17) is 4.74 Å². The fourth-order valence-electron chi connectivity index (χ4n) is 0.829. The molecule has 1 aliphatic rings. The Balaban J connectivity index is 0.000000490. The summed E-state index contributed by atoms with van der Waals surface area (Å²) in [6.07, 6.45) is 1.66. The summed E-state index contributed by atoms with van der Waals surface area (Å²) in [6.45, 7) is 2.16. The second kappa shape index (κ2) is 4.30. The Bertz CT molecular complexity index is 54.4. The van der Waals surface area contributed by atoms with E-state index in [0.29, 0.717) is 6.10 Å². The molecule has 1 fully saturated rings. The quantitative estimate of drug-likeness (QED) is 0.640. The Morgan fingerprint density at radius 1 is 1.62 bits per heavy atom. The van der Waals surface area contributed by atoms with E-state index < -0.39 is 0 Å². The molecule has 0 saturated carbocycles. The average molecular weight is 182 g/mol. The van der Waals surface area contributed by atoms with E-state index in [1.54, 1.807) is 7.11 Å². The first kappa shape index (κ1) is 8.40. The van der Waals surface area contributed by atoms with Crippen LogP contribution in [0.1, 0.15) is 6.42 Å². The summed E-state index contributed by atoms with van der Waals surface area (Å²) in [4.78, 5) is 0. The summed E-state index contributed by atoms with van der Waals surface area (Å²) in [5.74, 6) is 0. The van der Waals surface area contributed by atoms with Crippen LogP contribution in [0.3, 0.4) is 0 Å². The summed E-state index contributed by atoms with van der Waals surface area (Å²) in [5.41, 5.74) is 0. The molecule has 0 unspecified atom stereocenters. The van der Waals surface area contributed by atoms with Gasteiger partial charge in [0.2, 0.25) is 0 Å². The van der Waals surface area contributed by atoms with E-state index in [2.05, 4.69) is 5.32 Å². The monoisotopic (exact) mass is 181 g/mol. The van der Waals surface area contributed by atoms with Gasteiger partial charge in [0, 0.05) is 13.7 Å². The molecule has 1 N–H and O–H groups in total. The number of rotatable bonds is 1. The second-order valence-electron chi connectivity index (χ2n) is 1.85. The second-order valence-corrected chi connectivity index (χ2v) is 1.85. The Labute approximate surface area is 60.4 Å². The van der Waals surface area contributed by atoms with Crippen LogP contribution in [0.5, 0.6) is 0 Å². The molecular weight excluding hydrogens is 170 g/mol. The molecule has 0 aromatic carbocycles. The molecule has 1 aliphatic heterocycles. The zero-order valence-electron chi connectivity index (χ0n) is 5.02. The Hall–Kier alpha value is 0.400. The molecule has 50 valence electrons. The highest BCUT2D eigenvalue weighted by Gasteiger charge is 2.11. The summed E-state index contributed by atoms with van der Waals surface area (Å²) >= 11 is 0. The molecule has 0 aromatic heterocycles. The van der Waals surface area contributed by atoms with Crippen molar-refractivity contribution in [3.63, 3.8) is 0 Å². The lowest BCUT2D eigenvalue weighted by Gasteiger charge is -2.01. The Morgan fingerprint density at radius 2 is 2.38 bits per heavy atom. The number of ether oxygens (including phenoxy) is 1. The largest absolute Gasteiger partial charge is 0.380 e. The lowest BCUT2D eigenvalue weighted by atomic mass is 10.3. The smallest absolute Gasteiger partial charge is 0.0707 e. The van der Waals surface area contributed by atoms with Crippen molar-refractivity contribution >= 4 is 17.0 Å². The van der Waals surface area contributed by atoms with E-state index in [9.17, 15) is 0 Å². The van der Waals surface area contributed by atoms with Gasteiger partial charge in [0.15, 0.2) is 0 Å². The van der Waals surface area contributed by atoms with Crippen LogP contribution in [0, 0.1) is 0 Å². The lowest BCUT2D eigenvalue weighted by molar-refractivity contribution is 0.119. The molecule has 1 heterocycles. The van der Waals surface area contributed by atoms with Crippen LogP contribution in [0.25, 0.3) is 0 Å². The van der Waals surface area contributed by atoms with Crippen molar-refractivity contribution in [1.29, 1.82) is 0 Å². The maximum absolute atomic E-state index is 5.05. The molecule has 0 radical (unpaired) electrons. The molecule has 0 spiro atoms. The molecule has 0 aromatic rings. The topological polar surface area (TPSA) is 21.3 Å². The van der Waals surface area contributed by atoms with Crippen molar-refractivity contribution in [1.82, 2.24) is 5.32 Å². The zero-order valence-corrected chi connectivity index (χ0v) is 6.73. The summed E-state index contributed by atoms with van der Waals surface area (Å²) in [6, 6.07) is 0. The van der Waals surface area contributed by atoms with E-state index in [1.165, 1.54) is 6.42 Å². The van der Waals surface area contributed by atoms with Gasteiger partial charge in [-0.15, -0.1) is 17.0 Å². The Morgan fingerprint density at radius 3 is 2.62 bits per heavy atom. The van der Waals surface area contributed by atoms with Gasteiger partial charge >= 0.3 is 0 Å². The fourth-order valence-corrected chi connectivity index (χ4v) is 0.829. The molecule has 3 heteroatoms. The maximum atomic E-state index is 5.05. The molecule has 2 nitrogen and oxygen atoms in total. The molecule has 0 amide bonds. The first-order chi connectivity index (χ1) is 3.43. The van der Waals surface area contributed by atoms with Crippen LogP contribution in [0.15, 0.2) is 0 Å². The highest BCUT2D eigenvalue weighted by atomic mass is 79.9. The van der Waals surface area contributed by atoms with Gasteiger partial charge in [0.05, 0.1) is 6.10 Å². The van der Waals surface area contributed by atoms with Gasteiger partial charge in [-0.1, -0.05) is 0 Å².